The van der Waals surface area contributed by atoms with Gasteiger partial charge in [0, 0.05) is 11.1 Å². The van der Waals surface area contributed by atoms with Crippen LogP contribution in [-0.4, -0.2) is 25.5 Å². The first-order valence-electron chi connectivity index (χ1n) is 7.60. The lowest BCUT2D eigenvalue weighted by Crippen LogP contribution is -2.18. The van der Waals surface area contributed by atoms with Crippen molar-refractivity contribution in [3.8, 4) is 0 Å². The van der Waals surface area contributed by atoms with Crippen LogP contribution in [0, 0.1) is 0 Å². The zero-order valence-corrected chi connectivity index (χ0v) is 15.2. The number of aldehydes is 2. The van der Waals surface area contributed by atoms with Crippen LogP contribution in [0.15, 0.2) is 4.90 Å². The van der Waals surface area contributed by atoms with Crippen molar-refractivity contribution in [3.63, 3.8) is 0 Å². The van der Waals surface area contributed by atoms with Crippen molar-refractivity contribution in [1.82, 2.24) is 0 Å². The van der Waals surface area contributed by atoms with Crippen LogP contribution in [0.1, 0.15) is 96.7 Å². The third kappa shape index (κ3) is 3.53. The van der Waals surface area contributed by atoms with E-state index in [0.29, 0.717) is 18.1 Å². The second-order valence-corrected chi connectivity index (χ2v) is 7.93. The molecule has 1 rings (SSSR count). The van der Waals surface area contributed by atoms with Crippen molar-refractivity contribution in [1.29, 1.82) is 0 Å². The second kappa shape index (κ2) is 6.93. The van der Waals surface area contributed by atoms with E-state index in [1.807, 2.05) is 13.8 Å². The molecular weight excluding hydrogens is 316 g/mol. The van der Waals surface area contributed by atoms with Crippen LogP contribution in [-0.2, 0) is 10.1 Å². The molecule has 0 heterocycles. The minimum absolute atomic E-state index is 0.138. The highest BCUT2D eigenvalue weighted by Crippen LogP contribution is 2.40. The first-order chi connectivity index (χ1) is 10.5. The monoisotopic (exact) mass is 340 g/mol. The zero-order valence-electron chi connectivity index (χ0n) is 14.4. The fourth-order valence-electron chi connectivity index (χ4n) is 3.13. The van der Waals surface area contributed by atoms with E-state index in [1.54, 1.807) is 27.7 Å². The molecule has 5 nitrogen and oxygen atoms in total. The first-order valence-corrected chi connectivity index (χ1v) is 9.04. The van der Waals surface area contributed by atoms with Crippen LogP contribution in [0.25, 0.3) is 0 Å². The Morgan fingerprint density at radius 3 is 1.22 bits per heavy atom. The molecule has 0 saturated heterocycles. The number of hydrogen-bond acceptors (Lipinski definition) is 4. The minimum Gasteiger partial charge on any atom is -0.298 e. The quantitative estimate of drug-likeness (QED) is 0.626. The standard InChI is InChI=1S/C17H24O5S/c1-9(2)14-12(7-18)15(10(3)4)17(23(20,21)22)16(11(5)6)13(14)8-19/h7-11H,1-6H3,(H,20,21,22). The summed E-state index contributed by atoms with van der Waals surface area (Å²) in [6, 6.07) is 0. The van der Waals surface area contributed by atoms with Crippen molar-refractivity contribution >= 4 is 22.7 Å². The summed E-state index contributed by atoms with van der Waals surface area (Å²) >= 11 is 0. The maximum atomic E-state index is 12.0. The molecule has 0 fully saturated rings. The van der Waals surface area contributed by atoms with Gasteiger partial charge in [0.05, 0.1) is 0 Å². The van der Waals surface area contributed by atoms with Gasteiger partial charge in [-0.2, -0.15) is 8.42 Å². The van der Waals surface area contributed by atoms with E-state index in [2.05, 4.69) is 0 Å². The molecule has 0 aromatic heterocycles. The summed E-state index contributed by atoms with van der Waals surface area (Å²) in [6.07, 6.45) is 1.16. The lowest BCUT2D eigenvalue weighted by Gasteiger charge is -2.26. The molecule has 0 radical (unpaired) electrons. The molecule has 0 aliphatic heterocycles. The third-order valence-electron chi connectivity index (χ3n) is 3.88. The largest absolute Gasteiger partial charge is 0.298 e. The summed E-state index contributed by atoms with van der Waals surface area (Å²) in [5, 5.41) is 0. The Hall–Kier alpha value is -1.53. The summed E-state index contributed by atoms with van der Waals surface area (Å²) < 4.78 is 33.8. The molecule has 0 bridgehead atoms. The highest BCUT2D eigenvalue weighted by Gasteiger charge is 2.32. The molecule has 0 amide bonds. The highest BCUT2D eigenvalue weighted by atomic mass is 32.2. The Morgan fingerprint density at radius 2 is 1.04 bits per heavy atom. The average molecular weight is 340 g/mol. The molecule has 1 N–H and O–H groups in total. The summed E-state index contributed by atoms with van der Waals surface area (Å²) in [4.78, 5) is 23.1. The van der Waals surface area contributed by atoms with Gasteiger partial charge in [0.2, 0.25) is 0 Å². The van der Waals surface area contributed by atoms with Crippen molar-refractivity contribution < 1.29 is 22.6 Å². The van der Waals surface area contributed by atoms with Crippen molar-refractivity contribution in [3.05, 3.63) is 27.8 Å². The summed E-state index contributed by atoms with van der Waals surface area (Å²) in [5.41, 5.74) is 1.47. The van der Waals surface area contributed by atoms with E-state index in [9.17, 15) is 22.6 Å². The van der Waals surface area contributed by atoms with Gasteiger partial charge in [-0.1, -0.05) is 41.5 Å². The number of benzene rings is 1. The Bertz CT molecular complexity index is 687. The smallest absolute Gasteiger partial charge is 0.295 e. The Morgan fingerprint density at radius 1 is 0.739 bits per heavy atom. The molecule has 128 valence electrons. The van der Waals surface area contributed by atoms with Gasteiger partial charge in [-0.05, 0) is 34.4 Å². The Balaban J connectivity index is 4.34. The fraction of sp³-hybridized carbons (Fsp3) is 0.529. The van der Waals surface area contributed by atoms with Crippen LogP contribution in [0.5, 0.6) is 0 Å². The van der Waals surface area contributed by atoms with Gasteiger partial charge in [0.15, 0.2) is 12.6 Å². The molecule has 6 heteroatoms. The van der Waals surface area contributed by atoms with Gasteiger partial charge in [-0.25, -0.2) is 0 Å². The van der Waals surface area contributed by atoms with Gasteiger partial charge in [-0.3, -0.25) is 14.1 Å². The molecule has 0 aliphatic rings. The molecule has 0 atom stereocenters. The number of carbonyl (C=O) groups is 2. The van der Waals surface area contributed by atoms with Crippen LogP contribution in [0.4, 0.5) is 0 Å². The number of rotatable bonds is 6. The second-order valence-electron chi connectivity index (χ2n) is 6.57. The van der Waals surface area contributed by atoms with Gasteiger partial charge in [0.25, 0.3) is 10.1 Å². The first kappa shape index (κ1) is 19.5. The number of hydrogen-bond donors (Lipinski definition) is 1. The highest BCUT2D eigenvalue weighted by molar-refractivity contribution is 7.86. The molecule has 1 aromatic carbocycles. The van der Waals surface area contributed by atoms with Crippen LogP contribution >= 0.6 is 0 Å². The maximum absolute atomic E-state index is 12.0. The maximum Gasteiger partial charge on any atom is 0.295 e. The van der Waals surface area contributed by atoms with E-state index in [1.165, 1.54) is 0 Å². The van der Waals surface area contributed by atoms with Crippen LogP contribution in [0.2, 0.25) is 0 Å². The zero-order chi connectivity index (χ0) is 18.1. The van der Waals surface area contributed by atoms with Crippen molar-refractivity contribution in [2.24, 2.45) is 0 Å². The molecule has 0 aliphatic carbocycles. The third-order valence-corrected chi connectivity index (χ3v) is 4.83. The van der Waals surface area contributed by atoms with Crippen LogP contribution < -0.4 is 0 Å². The predicted molar refractivity (Wildman–Crippen MR) is 89.3 cm³/mol. The number of carbonyl (C=O) groups excluding carboxylic acids is 2. The van der Waals surface area contributed by atoms with Gasteiger partial charge >= 0.3 is 0 Å². The molecular formula is C17H24O5S. The van der Waals surface area contributed by atoms with E-state index >= 15 is 0 Å². The summed E-state index contributed by atoms with van der Waals surface area (Å²) in [6.45, 7) is 10.7. The van der Waals surface area contributed by atoms with Crippen molar-refractivity contribution in [2.75, 3.05) is 0 Å². The summed E-state index contributed by atoms with van der Waals surface area (Å²) in [5.74, 6) is -0.744. The van der Waals surface area contributed by atoms with E-state index in [4.69, 9.17) is 0 Å². The normalized spacial score (nSPS) is 12.3. The molecule has 0 saturated carbocycles. The molecule has 23 heavy (non-hydrogen) atoms. The van der Waals surface area contributed by atoms with E-state index in [0.717, 1.165) is 0 Å². The fourth-order valence-corrected chi connectivity index (χ4v) is 4.37. The molecule has 0 unspecified atom stereocenters. The van der Waals surface area contributed by atoms with Gasteiger partial charge < -0.3 is 0 Å². The Kier molecular flexibility index (Phi) is 5.88. The Labute approximate surface area is 137 Å². The van der Waals surface area contributed by atoms with Gasteiger partial charge in [0.1, 0.15) is 4.90 Å². The minimum atomic E-state index is -4.58. The lowest BCUT2D eigenvalue weighted by molar-refractivity contribution is 0.112. The molecule has 1 aromatic rings. The summed E-state index contributed by atoms with van der Waals surface area (Å²) in [7, 11) is -4.58. The lowest BCUT2D eigenvalue weighted by atomic mass is 9.81. The van der Waals surface area contributed by atoms with Crippen molar-refractivity contribution in [2.45, 2.75) is 64.2 Å². The molecule has 0 spiro atoms. The van der Waals surface area contributed by atoms with Crippen LogP contribution in [0.3, 0.4) is 0 Å². The van der Waals surface area contributed by atoms with Gasteiger partial charge in [-0.15, -0.1) is 0 Å². The average Bonchev–Trinajstić information content (AvgIpc) is 2.41. The topological polar surface area (TPSA) is 88.5 Å². The van der Waals surface area contributed by atoms with E-state index in [-0.39, 0.29) is 44.9 Å². The predicted octanol–water partition coefficient (Wildman–Crippen LogP) is 3.93. The van der Waals surface area contributed by atoms with E-state index < -0.39 is 10.1 Å². The SMILES string of the molecule is CC(C)c1c(C=O)c(C(C)C)c(S(=O)(=O)O)c(C(C)C)c1C=O.